The highest BCUT2D eigenvalue weighted by Gasteiger charge is 2.36. The van der Waals surface area contributed by atoms with Crippen molar-refractivity contribution in [1.29, 1.82) is 0 Å². The summed E-state index contributed by atoms with van der Waals surface area (Å²) in [6.07, 6.45) is -1.34. The highest BCUT2D eigenvalue weighted by atomic mass is 32.2. The molecule has 5 rings (SSSR count). The van der Waals surface area contributed by atoms with Crippen LogP contribution in [0.3, 0.4) is 0 Å². The van der Waals surface area contributed by atoms with E-state index in [9.17, 15) is 14.4 Å². The van der Waals surface area contributed by atoms with Gasteiger partial charge in [-0.3, -0.25) is 4.48 Å². The van der Waals surface area contributed by atoms with E-state index < -0.39 is 30.1 Å². The molecule has 0 saturated carbocycles. The van der Waals surface area contributed by atoms with E-state index in [2.05, 4.69) is 30.3 Å². The number of aliphatic imine (C=N–C) groups is 1. The monoisotopic (exact) mass is 593 g/mol. The average Bonchev–Trinajstić information content (AvgIpc) is 3.28. The maximum absolute atomic E-state index is 12.7. The van der Waals surface area contributed by atoms with Gasteiger partial charge in [-0.1, -0.05) is 37.3 Å². The standard InChI is InChI=1S/C31H37N4O6S/c1-20-18-24-27(32-25-12-8-9-13-26(25)33-28(24)42-20)34-14-16-35(4,17-15-34)19-39-29(36)21(2)40-30(37)22(3)41-31(38)23-10-6-5-7-11-23/h5-13,20-22,32H,14-19H2,1-4H3/q+1/t20?,21?,22-/m0/s1. The van der Waals surface area contributed by atoms with E-state index in [0.717, 1.165) is 54.8 Å². The number of likely N-dealkylation sites (N-methyl/N-ethyl adjacent to an activating group) is 1. The van der Waals surface area contributed by atoms with E-state index in [0.29, 0.717) is 15.3 Å². The minimum Gasteiger partial charge on any atom is -0.448 e. The Bertz CT molecular complexity index is 1400. The number of esters is 3. The van der Waals surface area contributed by atoms with Gasteiger partial charge in [0.15, 0.2) is 12.2 Å². The largest absolute Gasteiger partial charge is 0.448 e. The number of carbonyl (C=O) groups excluding carboxylic acids is 3. The van der Waals surface area contributed by atoms with Crippen LogP contribution in [0.25, 0.3) is 0 Å². The van der Waals surface area contributed by atoms with Gasteiger partial charge in [0.1, 0.15) is 10.9 Å². The first-order valence-corrected chi connectivity index (χ1v) is 15.1. The summed E-state index contributed by atoms with van der Waals surface area (Å²) in [6, 6.07) is 16.5. The Balaban J connectivity index is 1.12. The Morgan fingerprint density at radius 1 is 1.00 bits per heavy atom. The number of para-hydroxylation sites is 2. The number of hydrogen-bond donors (Lipinski definition) is 1. The lowest BCUT2D eigenvalue weighted by molar-refractivity contribution is -0.929. The number of thioether (sulfide) groups is 1. The van der Waals surface area contributed by atoms with Crippen molar-refractivity contribution in [3.05, 3.63) is 71.6 Å². The van der Waals surface area contributed by atoms with Crippen molar-refractivity contribution in [1.82, 2.24) is 4.90 Å². The van der Waals surface area contributed by atoms with Crippen molar-refractivity contribution < 1.29 is 33.1 Å². The molecule has 0 aromatic heterocycles. The topological polar surface area (TPSA) is 107 Å². The summed E-state index contributed by atoms with van der Waals surface area (Å²) < 4.78 is 16.5. The smallest absolute Gasteiger partial charge is 0.351 e. The second kappa shape index (κ2) is 12.6. The second-order valence-electron chi connectivity index (χ2n) is 11.2. The number of quaternary nitrogens is 1. The van der Waals surface area contributed by atoms with Crippen molar-refractivity contribution in [3.8, 4) is 0 Å². The van der Waals surface area contributed by atoms with Gasteiger partial charge in [0, 0.05) is 10.8 Å². The zero-order chi connectivity index (χ0) is 29.9. The van der Waals surface area contributed by atoms with E-state index >= 15 is 0 Å². The molecule has 0 spiro atoms. The summed E-state index contributed by atoms with van der Waals surface area (Å²) in [5.74, 6) is -0.985. The molecule has 0 amide bonds. The molecule has 0 radical (unpaired) electrons. The number of ether oxygens (including phenoxy) is 3. The van der Waals surface area contributed by atoms with Gasteiger partial charge in [-0.15, -0.1) is 11.8 Å². The summed E-state index contributed by atoms with van der Waals surface area (Å²) >= 11 is 1.82. The highest BCUT2D eigenvalue weighted by Crippen LogP contribution is 2.42. The molecule has 0 aliphatic carbocycles. The molecule has 3 aliphatic heterocycles. The maximum Gasteiger partial charge on any atom is 0.351 e. The van der Waals surface area contributed by atoms with Crippen LogP contribution >= 0.6 is 11.8 Å². The van der Waals surface area contributed by atoms with Crippen molar-refractivity contribution >= 4 is 46.1 Å². The third-order valence-corrected chi connectivity index (χ3v) is 8.76. The third-order valence-electron chi connectivity index (χ3n) is 7.63. The van der Waals surface area contributed by atoms with E-state index in [1.165, 1.54) is 19.4 Å². The molecule has 2 aromatic rings. The van der Waals surface area contributed by atoms with Crippen molar-refractivity contribution in [2.45, 2.75) is 44.6 Å². The van der Waals surface area contributed by atoms with E-state index in [4.69, 9.17) is 19.2 Å². The van der Waals surface area contributed by atoms with Crippen LogP contribution in [-0.2, 0) is 23.8 Å². The molecule has 2 unspecified atom stereocenters. The number of benzene rings is 2. The molecule has 222 valence electrons. The van der Waals surface area contributed by atoms with Crippen LogP contribution in [0.1, 0.15) is 37.6 Å². The molecule has 3 atom stereocenters. The summed E-state index contributed by atoms with van der Waals surface area (Å²) in [6.45, 7) is 8.35. The lowest BCUT2D eigenvalue weighted by Gasteiger charge is -2.43. The molecule has 42 heavy (non-hydrogen) atoms. The van der Waals surface area contributed by atoms with Gasteiger partial charge in [-0.25, -0.2) is 19.4 Å². The molecule has 2 aromatic carbocycles. The van der Waals surface area contributed by atoms with Crippen molar-refractivity contribution in [3.63, 3.8) is 0 Å². The molecule has 1 N–H and O–H groups in total. The van der Waals surface area contributed by atoms with Crippen LogP contribution in [0.2, 0.25) is 0 Å². The van der Waals surface area contributed by atoms with Gasteiger partial charge < -0.3 is 24.4 Å². The Morgan fingerprint density at radius 2 is 1.67 bits per heavy atom. The van der Waals surface area contributed by atoms with Crippen LogP contribution < -0.4 is 5.32 Å². The van der Waals surface area contributed by atoms with E-state index in [1.54, 1.807) is 30.3 Å². The SMILES string of the molecule is CC1CC2=C(N3CC[N+](C)(COC(=O)C(C)OC(=O)[C@H](C)OC(=O)c4ccccc4)CC3)Nc3ccccc3N=C2S1. The fourth-order valence-corrected chi connectivity index (χ4v) is 6.14. The molecule has 11 heteroatoms. The number of piperazine rings is 1. The molecule has 2 saturated heterocycles. The van der Waals surface area contributed by atoms with Gasteiger partial charge >= 0.3 is 17.9 Å². The number of nitrogens with one attached hydrogen (secondary N) is 1. The summed E-state index contributed by atoms with van der Waals surface area (Å²) in [4.78, 5) is 44.7. The number of fused-ring (bicyclic) bond motifs is 2. The van der Waals surface area contributed by atoms with Gasteiger partial charge in [0.25, 0.3) is 0 Å². The first-order chi connectivity index (χ1) is 20.1. The van der Waals surface area contributed by atoms with Crippen molar-refractivity contribution in [2.24, 2.45) is 4.99 Å². The van der Waals surface area contributed by atoms with Crippen LogP contribution in [0.4, 0.5) is 11.4 Å². The predicted molar refractivity (Wildman–Crippen MR) is 161 cm³/mol. The minimum absolute atomic E-state index is 0.162. The molecule has 3 heterocycles. The highest BCUT2D eigenvalue weighted by molar-refractivity contribution is 8.15. The van der Waals surface area contributed by atoms with Gasteiger partial charge in [-0.2, -0.15) is 0 Å². The fraction of sp³-hybridized carbons (Fsp3) is 0.419. The van der Waals surface area contributed by atoms with E-state index in [1.807, 2.05) is 30.0 Å². The first-order valence-electron chi connectivity index (χ1n) is 14.2. The third kappa shape index (κ3) is 6.79. The van der Waals surface area contributed by atoms with Crippen LogP contribution in [0.5, 0.6) is 0 Å². The molecular formula is C31H37N4O6S+. The Labute approximate surface area is 250 Å². The zero-order valence-corrected chi connectivity index (χ0v) is 25.2. The normalized spacial score (nSPS) is 20.6. The summed E-state index contributed by atoms with van der Waals surface area (Å²) in [5.41, 5.74) is 3.53. The van der Waals surface area contributed by atoms with Crippen molar-refractivity contribution in [2.75, 3.05) is 45.3 Å². The zero-order valence-electron chi connectivity index (χ0n) is 24.4. The molecule has 2 fully saturated rings. The fourth-order valence-electron chi connectivity index (χ4n) is 5.04. The van der Waals surface area contributed by atoms with Gasteiger partial charge in [0.05, 0.1) is 50.2 Å². The van der Waals surface area contributed by atoms with Gasteiger partial charge in [0.2, 0.25) is 6.73 Å². The molecule has 10 nitrogen and oxygen atoms in total. The summed E-state index contributed by atoms with van der Waals surface area (Å²) in [7, 11) is 2.06. The molecular weight excluding hydrogens is 556 g/mol. The van der Waals surface area contributed by atoms with Crippen LogP contribution in [0, 0.1) is 0 Å². The van der Waals surface area contributed by atoms with Crippen LogP contribution in [-0.4, -0.2) is 89.7 Å². The number of carbonyl (C=O) groups is 3. The quantitative estimate of drug-likeness (QED) is 0.272. The number of rotatable bonds is 8. The predicted octanol–water partition coefficient (Wildman–Crippen LogP) is 4.32. The van der Waals surface area contributed by atoms with Gasteiger partial charge in [-0.05, 0) is 44.5 Å². The lowest BCUT2D eigenvalue weighted by Crippen LogP contribution is -2.58. The minimum atomic E-state index is -1.17. The number of nitrogens with zero attached hydrogens (tertiary/aromatic N) is 3. The maximum atomic E-state index is 12.7. The van der Waals surface area contributed by atoms with Crippen LogP contribution in [0.15, 0.2) is 71.0 Å². The first kappa shape index (κ1) is 29.7. The van der Waals surface area contributed by atoms with E-state index in [-0.39, 0.29) is 6.73 Å². The molecule has 0 bridgehead atoms. The molecule has 3 aliphatic rings. The summed E-state index contributed by atoms with van der Waals surface area (Å²) in [5, 5.41) is 5.22. The Morgan fingerprint density at radius 3 is 2.40 bits per heavy atom. The Kier molecular flexibility index (Phi) is 8.88. The Hall–Kier alpha value is -3.83. The number of anilines is 1. The average molecular weight is 594 g/mol. The second-order valence-corrected chi connectivity index (χ2v) is 12.6. The number of hydrogen-bond acceptors (Lipinski definition) is 10. The lowest BCUT2D eigenvalue weighted by atomic mass is 10.1.